The number of fused-ring (bicyclic) bond motifs is 1. The summed E-state index contributed by atoms with van der Waals surface area (Å²) >= 11 is 0. The Hall–Kier alpha value is -1.43. The van der Waals surface area contributed by atoms with Gasteiger partial charge in [-0.1, -0.05) is 37.3 Å². The minimum absolute atomic E-state index is 0.0334. The van der Waals surface area contributed by atoms with Crippen LogP contribution in [0.3, 0.4) is 0 Å². The predicted molar refractivity (Wildman–Crippen MR) is 82.5 cm³/mol. The highest BCUT2D eigenvalue weighted by Crippen LogP contribution is 2.26. The minimum Gasteiger partial charge on any atom is -0.393 e. The quantitative estimate of drug-likeness (QED) is 0.925. The molecule has 2 atom stereocenters. The zero-order chi connectivity index (χ0) is 15.0. The van der Waals surface area contributed by atoms with Crippen molar-refractivity contribution < 1.29 is 13.5 Å². The van der Waals surface area contributed by atoms with Crippen LogP contribution in [0, 0.1) is 5.92 Å². The molecule has 2 aromatic rings. The molecule has 1 heterocycles. The van der Waals surface area contributed by atoms with Crippen molar-refractivity contribution in [3.8, 4) is 0 Å². The summed E-state index contributed by atoms with van der Waals surface area (Å²) in [6.07, 6.45) is 0.0848. The Morgan fingerprint density at radius 2 is 1.86 bits per heavy atom. The summed E-state index contributed by atoms with van der Waals surface area (Å²) in [7, 11) is -3.49. The summed E-state index contributed by atoms with van der Waals surface area (Å²) in [6.45, 7) is 2.63. The van der Waals surface area contributed by atoms with Gasteiger partial charge >= 0.3 is 0 Å². The number of rotatable bonds is 2. The van der Waals surface area contributed by atoms with Gasteiger partial charge in [-0.05, 0) is 35.2 Å². The van der Waals surface area contributed by atoms with E-state index in [9.17, 15) is 13.5 Å². The van der Waals surface area contributed by atoms with E-state index >= 15 is 0 Å². The first-order valence-corrected chi connectivity index (χ1v) is 8.59. The van der Waals surface area contributed by atoms with Crippen LogP contribution in [0.15, 0.2) is 47.4 Å². The molecule has 4 nitrogen and oxygen atoms in total. The SMILES string of the molecule is CC1CN(S(=O)(=O)c2ccc3ccccc3c2)CCC1O. The number of piperidine rings is 1. The van der Waals surface area contributed by atoms with Gasteiger partial charge in [-0.2, -0.15) is 4.31 Å². The van der Waals surface area contributed by atoms with Crippen LogP contribution in [0.25, 0.3) is 10.8 Å². The smallest absolute Gasteiger partial charge is 0.243 e. The first kappa shape index (κ1) is 14.5. The summed E-state index contributed by atoms with van der Waals surface area (Å²) in [6, 6.07) is 12.9. The average Bonchev–Trinajstić information content (AvgIpc) is 2.49. The molecule has 3 rings (SSSR count). The Morgan fingerprint density at radius 3 is 2.57 bits per heavy atom. The number of hydrogen-bond donors (Lipinski definition) is 1. The van der Waals surface area contributed by atoms with E-state index in [1.54, 1.807) is 12.1 Å². The summed E-state index contributed by atoms with van der Waals surface area (Å²) in [5.74, 6) is -0.0334. The second-order valence-corrected chi connectivity index (χ2v) is 7.64. The second-order valence-electron chi connectivity index (χ2n) is 5.71. The average molecular weight is 305 g/mol. The number of aliphatic hydroxyl groups excluding tert-OH is 1. The molecule has 2 aromatic carbocycles. The van der Waals surface area contributed by atoms with Crippen LogP contribution in [0.2, 0.25) is 0 Å². The van der Waals surface area contributed by atoms with E-state index in [1.165, 1.54) is 4.31 Å². The third-order valence-corrected chi connectivity index (χ3v) is 6.04. The number of benzene rings is 2. The standard InChI is InChI=1S/C16H19NO3S/c1-12-11-17(9-8-16(12)18)21(19,20)15-7-6-13-4-2-3-5-14(13)10-15/h2-7,10,12,16,18H,8-9,11H2,1H3. The zero-order valence-electron chi connectivity index (χ0n) is 11.9. The fourth-order valence-corrected chi connectivity index (χ4v) is 4.38. The first-order chi connectivity index (χ1) is 9.98. The van der Waals surface area contributed by atoms with Crippen LogP contribution >= 0.6 is 0 Å². The van der Waals surface area contributed by atoms with Crippen molar-refractivity contribution in [2.45, 2.75) is 24.3 Å². The molecule has 0 radical (unpaired) electrons. The lowest BCUT2D eigenvalue weighted by Crippen LogP contribution is -2.44. The molecule has 1 aliphatic rings. The number of nitrogens with zero attached hydrogens (tertiary/aromatic N) is 1. The highest BCUT2D eigenvalue weighted by molar-refractivity contribution is 7.89. The predicted octanol–water partition coefficient (Wildman–Crippen LogP) is 2.23. The maximum atomic E-state index is 12.7. The van der Waals surface area contributed by atoms with E-state index < -0.39 is 16.1 Å². The topological polar surface area (TPSA) is 57.6 Å². The molecule has 1 fully saturated rings. The molecule has 0 aliphatic carbocycles. The molecule has 1 aliphatic heterocycles. The minimum atomic E-state index is -3.49. The highest BCUT2D eigenvalue weighted by atomic mass is 32.2. The summed E-state index contributed by atoms with van der Waals surface area (Å²) < 4.78 is 26.9. The summed E-state index contributed by atoms with van der Waals surface area (Å²) in [5.41, 5.74) is 0. The second kappa shape index (κ2) is 5.40. The number of hydrogen-bond acceptors (Lipinski definition) is 3. The molecule has 21 heavy (non-hydrogen) atoms. The van der Waals surface area contributed by atoms with Crippen molar-refractivity contribution in [1.29, 1.82) is 0 Å². The molecule has 0 spiro atoms. The van der Waals surface area contributed by atoms with E-state index in [-0.39, 0.29) is 5.92 Å². The van der Waals surface area contributed by atoms with Crippen molar-refractivity contribution in [3.63, 3.8) is 0 Å². The van der Waals surface area contributed by atoms with Gasteiger partial charge in [0.25, 0.3) is 0 Å². The van der Waals surface area contributed by atoms with Gasteiger partial charge in [-0.15, -0.1) is 0 Å². The third-order valence-electron chi connectivity index (χ3n) is 4.18. The molecule has 2 unspecified atom stereocenters. The molecule has 0 saturated carbocycles. The summed E-state index contributed by atoms with van der Waals surface area (Å²) in [4.78, 5) is 0.324. The van der Waals surface area contributed by atoms with Crippen LogP contribution in [0.1, 0.15) is 13.3 Å². The van der Waals surface area contributed by atoms with Gasteiger partial charge in [-0.3, -0.25) is 0 Å². The van der Waals surface area contributed by atoms with Gasteiger partial charge in [0.05, 0.1) is 11.0 Å². The Bertz CT molecular complexity index is 757. The Balaban J connectivity index is 1.96. The molecule has 1 N–H and O–H groups in total. The normalized spacial score (nSPS) is 24.3. The lowest BCUT2D eigenvalue weighted by Gasteiger charge is -2.33. The van der Waals surface area contributed by atoms with Crippen molar-refractivity contribution in [2.24, 2.45) is 5.92 Å². The zero-order valence-corrected chi connectivity index (χ0v) is 12.8. The van der Waals surface area contributed by atoms with E-state index in [0.717, 1.165) is 10.8 Å². The van der Waals surface area contributed by atoms with E-state index in [0.29, 0.717) is 24.4 Å². The molecule has 112 valence electrons. The molecule has 0 bridgehead atoms. The van der Waals surface area contributed by atoms with Gasteiger partial charge in [0.15, 0.2) is 0 Å². The Kier molecular flexibility index (Phi) is 3.73. The maximum absolute atomic E-state index is 12.7. The molecular weight excluding hydrogens is 286 g/mol. The van der Waals surface area contributed by atoms with Crippen LogP contribution in [0.5, 0.6) is 0 Å². The van der Waals surface area contributed by atoms with E-state index in [1.807, 2.05) is 37.3 Å². The molecule has 0 aromatic heterocycles. The van der Waals surface area contributed by atoms with Crippen molar-refractivity contribution in [3.05, 3.63) is 42.5 Å². The molecule has 0 amide bonds. The monoisotopic (exact) mass is 305 g/mol. The number of sulfonamides is 1. The number of aliphatic hydroxyl groups is 1. The van der Waals surface area contributed by atoms with Gasteiger partial charge in [0.1, 0.15) is 0 Å². The lowest BCUT2D eigenvalue weighted by molar-refractivity contribution is 0.0628. The van der Waals surface area contributed by atoms with Crippen molar-refractivity contribution in [1.82, 2.24) is 4.31 Å². The van der Waals surface area contributed by atoms with Gasteiger partial charge < -0.3 is 5.11 Å². The fourth-order valence-electron chi connectivity index (χ4n) is 2.79. The van der Waals surface area contributed by atoms with Crippen LogP contribution in [-0.2, 0) is 10.0 Å². The summed E-state index contributed by atoms with van der Waals surface area (Å²) in [5, 5.41) is 11.7. The fraction of sp³-hybridized carbons (Fsp3) is 0.375. The van der Waals surface area contributed by atoms with Crippen molar-refractivity contribution in [2.75, 3.05) is 13.1 Å². The van der Waals surface area contributed by atoms with Crippen LogP contribution < -0.4 is 0 Å². The maximum Gasteiger partial charge on any atom is 0.243 e. The largest absolute Gasteiger partial charge is 0.393 e. The molecule has 1 saturated heterocycles. The van der Waals surface area contributed by atoms with Gasteiger partial charge in [0, 0.05) is 13.1 Å². The first-order valence-electron chi connectivity index (χ1n) is 7.15. The van der Waals surface area contributed by atoms with Crippen molar-refractivity contribution >= 4 is 20.8 Å². The Morgan fingerprint density at radius 1 is 1.14 bits per heavy atom. The van der Waals surface area contributed by atoms with E-state index in [2.05, 4.69) is 0 Å². The van der Waals surface area contributed by atoms with Crippen LogP contribution in [0.4, 0.5) is 0 Å². The Labute approximate surface area is 125 Å². The van der Waals surface area contributed by atoms with Crippen LogP contribution in [-0.4, -0.2) is 37.0 Å². The van der Waals surface area contributed by atoms with Gasteiger partial charge in [-0.25, -0.2) is 8.42 Å². The molecule has 5 heteroatoms. The molecular formula is C16H19NO3S. The third kappa shape index (κ3) is 2.69. The van der Waals surface area contributed by atoms with E-state index in [4.69, 9.17) is 0 Å². The lowest BCUT2D eigenvalue weighted by atomic mass is 9.99. The highest BCUT2D eigenvalue weighted by Gasteiger charge is 2.32. The van der Waals surface area contributed by atoms with Gasteiger partial charge in [0.2, 0.25) is 10.0 Å².